The lowest BCUT2D eigenvalue weighted by atomic mass is 10.2. The molecule has 0 saturated carbocycles. The van der Waals surface area contributed by atoms with Crippen LogP contribution in [0.3, 0.4) is 0 Å². The highest BCUT2D eigenvalue weighted by Gasteiger charge is 2.12. The summed E-state index contributed by atoms with van der Waals surface area (Å²) in [4.78, 5) is 4.64. The highest BCUT2D eigenvalue weighted by atomic mass is 79.9. The molecule has 0 saturated heterocycles. The number of benzene rings is 2. The van der Waals surface area contributed by atoms with Crippen molar-refractivity contribution in [2.24, 2.45) is 0 Å². The van der Waals surface area contributed by atoms with Crippen molar-refractivity contribution in [3.05, 3.63) is 77.0 Å². The molecule has 0 N–H and O–H groups in total. The van der Waals surface area contributed by atoms with E-state index in [4.69, 9.17) is 4.42 Å². The van der Waals surface area contributed by atoms with Gasteiger partial charge in [0.1, 0.15) is 0 Å². The fourth-order valence-corrected chi connectivity index (χ4v) is 2.63. The van der Waals surface area contributed by atoms with Crippen molar-refractivity contribution in [2.45, 2.75) is 0 Å². The molecule has 0 amide bonds. The molecule has 4 rings (SSSR count). The Balaban J connectivity index is 1.88. The predicted molar refractivity (Wildman–Crippen MR) is 93.9 cm³/mol. The minimum Gasteiger partial charge on any atom is -0.461 e. The summed E-state index contributed by atoms with van der Waals surface area (Å²) in [6, 6.07) is 22.7. The molecule has 0 aliphatic rings. The Hall–Kier alpha value is -2.77. The molecule has 110 valence electrons. The van der Waals surface area contributed by atoms with Gasteiger partial charge in [-0.15, -0.1) is 0 Å². The lowest BCUT2D eigenvalue weighted by Crippen LogP contribution is -1.92. The van der Waals surface area contributed by atoms with Gasteiger partial charge >= 0.3 is 0 Å². The van der Waals surface area contributed by atoms with Gasteiger partial charge in [0.05, 0.1) is 17.3 Å². The molecular weight excluding hydrogens is 352 g/mol. The number of aromatic nitrogens is 2. The van der Waals surface area contributed by atoms with Crippen molar-refractivity contribution in [3.63, 3.8) is 0 Å². The van der Waals surface area contributed by atoms with E-state index in [9.17, 15) is 0 Å². The van der Waals surface area contributed by atoms with E-state index in [0.717, 1.165) is 21.1 Å². The smallest absolute Gasteiger partial charge is 0.189 e. The molecule has 4 aromatic rings. The van der Waals surface area contributed by atoms with Crippen LogP contribution in [-0.2, 0) is 0 Å². The quantitative estimate of drug-likeness (QED) is 0.450. The van der Waals surface area contributed by atoms with Crippen molar-refractivity contribution in [2.75, 3.05) is 0 Å². The number of rotatable bonds is 1. The monoisotopic (exact) mass is 362 g/mol. The normalized spacial score (nSPS) is 10.5. The lowest BCUT2D eigenvalue weighted by Gasteiger charge is -1.98. The molecular formula is C19H11BrN2O. The van der Waals surface area contributed by atoms with E-state index in [0.29, 0.717) is 11.6 Å². The zero-order valence-electron chi connectivity index (χ0n) is 12.0. The van der Waals surface area contributed by atoms with E-state index in [1.807, 2.05) is 65.2 Å². The third-order valence-electron chi connectivity index (χ3n) is 3.46. The highest BCUT2D eigenvalue weighted by molar-refractivity contribution is 9.10. The Labute approximate surface area is 141 Å². The first-order chi connectivity index (χ1) is 11.3. The Morgan fingerprint density at radius 3 is 2.57 bits per heavy atom. The van der Waals surface area contributed by atoms with Crippen LogP contribution >= 0.6 is 15.9 Å². The molecule has 0 atom stereocenters. The van der Waals surface area contributed by atoms with Gasteiger partial charge in [-0.05, 0) is 54.5 Å². The van der Waals surface area contributed by atoms with E-state index in [-0.39, 0.29) is 0 Å². The second kappa shape index (κ2) is 5.79. The minimum absolute atomic E-state index is 0.700. The first-order valence-electron chi connectivity index (χ1n) is 7.10. The summed E-state index contributed by atoms with van der Waals surface area (Å²) in [5, 5.41) is 0. The second-order valence-electron chi connectivity index (χ2n) is 4.98. The van der Waals surface area contributed by atoms with Crippen LogP contribution in [0.2, 0.25) is 0 Å². The first kappa shape index (κ1) is 13.9. The van der Waals surface area contributed by atoms with Gasteiger partial charge in [-0.3, -0.25) is 0 Å². The van der Waals surface area contributed by atoms with Gasteiger partial charge in [-0.2, -0.15) is 0 Å². The number of furan rings is 1. The van der Waals surface area contributed by atoms with E-state index in [1.165, 1.54) is 0 Å². The van der Waals surface area contributed by atoms with Crippen LogP contribution in [0.1, 0.15) is 5.56 Å². The molecule has 3 nitrogen and oxygen atoms in total. The van der Waals surface area contributed by atoms with Gasteiger partial charge in [0.15, 0.2) is 11.6 Å². The predicted octanol–water partition coefficient (Wildman–Crippen LogP) is 4.92. The third-order valence-corrected chi connectivity index (χ3v) is 3.99. The van der Waals surface area contributed by atoms with Gasteiger partial charge in [0.25, 0.3) is 0 Å². The molecule has 2 aromatic heterocycles. The second-order valence-corrected chi connectivity index (χ2v) is 5.90. The average Bonchev–Trinajstić information content (AvgIpc) is 3.22. The van der Waals surface area contributed by atoms with Crippen LogP contribution < -0.4 is 0 Å². The van der Waals surface area contributed by atoms with E-state index in [1.54, 1.807) is 6.26 Å². The molecule has 0 spiro atoms. The van der Waals surface area contributed by atoms with E-state index in [2.05, 4.69) is 32.9 Å². The van der Waals surface area contributed by atoms with Crippen molar-refractivity contribution in [1.82, 2.24) is 9.55 Å². The molecule has 0 aliphatic carbocycles. The van der Waals surface area contributed by atoms with Crippen molar-refractivity contribution in [3.8, 4) is 23.5 Å². The number of imidazole rings is 1. The van der Waals surface area contributed by atoms with Crippen LogP contribution in [0, 0.1) is 12.0 Å². The number of fused-ring (bicyclic) bond motifs is 1. The minimum atomic E-state index is 0.700. The maximum atomic E-state index is 5.50. The highest BCUT2D eigenvalue weighted by Crippen LogP contribution is 2.24. The summed E-state index contributed by atoms with van der Waals surface area (Å²) in [6.07, 6.45) is 1.64. The zero-order chi connectivity index (χ0) is 15.6. The number of para-hydroxylation sites is 2. The van der Waals surface area contributed by atoms with Crippen LogP contribution in [0.15, 0.2) is 75.8 Å². The summed E-state index contributed by atoms with van der Waals surface area (Å²) < 4.78 is 8.41. The standard InChI is InChI=1S/C19H11BrN2O/c20-15-9-7-14(8-10-15)11-12-22-17-5-2-1-4-16(17)21-19(22)18-6-3-13-23-18/h1-10,13H. The first-order valence-corrected chi connectivity index (χ1v) is 7.89. The average molecular weight is 363 g/mol. The molecule has 0 radical (unpaired) electrons. The van der Waals surface area contributed by atoms with Gasteiger partial charge in [0, 0.05) is 16.1 Å². The van der Waals surface area contributed by atoms with Crippen LogP contribution in [0.25, 0.3) is 22.6 Å². The molecule has 23 heavy (non-hydrogen) atoms. The molecule has 2 heterocycles. The number of nitrogens with zero attached hydrogens (tertiary/aromatic N) is 2. The van der Waals surface area contributed by atoms with Crippen LogP contribution in [0.4, 0.5) is 0 Å². The Morgan fingerprint density at radius 1 is 0.957 bits per heavy atom. The number of hydrogen-bond acceptors (Lipinski definition) is 2. The molecule has 0 aliphatic heterocycles. The largest absolute Gasteiger partial charge is 0.461 e. The zero-order valence-corrected chi connectivity index (χ0v) is 13.6. The summed E-state index contributed by atoms with van der Waals surface area (Å²) in [5.41, 5.74) is 2.80. The van der Waals surface area contributed by atoms with Crippen molar-refractivity contribution >= 4 is 27.0 Å². The number of halogens is 1. The van der Waals surface area contributed by atoms with Gasteiger partial charge in [-0.25, -0.2) is 9.55 Å². The summed E-state index contributed by atoms with van der Waals surface area (Å²) in [7, 11) is 0. The third kappa shape index (κ3) is 2.67. The fraction of sp³-hybridized carbons (Fsp3) is 0. The fourth-order valence-electron chi connectivity index (χ4n) is 2.36. The summed E-state index contributed by atoms with van der Waals surface area (Å²) >= 11 is 3.43. The SMILES string of the molecule is Brc1ccc(C#Cn2c(-c3ccco3)nc3ccccc32)cc1. The summed E-state index contributed by atoms with van der Waals surface area (Å²) in [6.45, 7) is 0. The van der Waals surface area contributed by atoms with Crippen LogP contribution in [-0.4, -0.2) is 9.55 Å². The molecule has 2 aromatic carbocycles. The van der Waals surface area contributed by atoms with Crippen molar-refractivity contribution < 1.29 is 4.42 Å². The Bertz CT molecular complexity index is 1020. The number of hydrogen-bond donors (Lipinski definition) is 0. The van der Waals surface area contributed by atoms with Gasteiger partial charge in [0.2, 0.25) is 0 Å². The van der Waals surface area contributed by atoms with Gasteiger partial charge < -0.3 is 4.42 Å². The maximum Gasteiger partial charge on any atom is 0.189 e. The maximum absolute atomic E-state index is 5.50. The topological polar surface area (TPSA) is 31.0 Å². The van der Waals surface area contributed by atoms with Gasteiger partial charge in [-0.1, -0.05) is 28.1 Å². The van der Waals surface area contributed by atoms with E-state index >= 15 is 0 Å². The Kier molecular flexibility index (Phi) is 3.49. The Morgan fingerprint density at radius 2 is 1.78 bits per heavy atom. The molecule has 0 unspecified atom stereocenters. The van der Waals surface area contributed by atoms with Crippen molar-refractivity contribution in [1.29, 1.82) is 0 Å². The molecule has 4 heteroatoms. The molecule has 0 fully saturated rings. The lowest BCUT2D eigenvalue weighted by molar-refractivity contribution is 0.577. The van der Waals surface area contributed by atoms with E-state index < -0.39 is 0 Å². The molecule has 0 bridgehead atoms. The van der Waals surface area contributed by atoms with Crippen LogP contribution in [0.5, 0.6) is 0 Å². The summed E-state index contributed by atoms with van der Waals surface area (Å²) in [5.74, 6) is 4.59.